The summed E-state index contributed by atoms with van der Waals surface area (Å²) in [6, 6.07) is 10.3. The van der Waals surface area contributed by atoms with Gasteiger partial charge in [-0.3, -0.25) is 4.98 Å². The van der Waals surface area contributed by atoms with E-state index < -0.39 is 15.8 Å². The van der Waals surface area contributed by atoms with Crippen LogP contribution in [0.2, 0.25) is 0 Å². The summed E-state index contributed by atoms with van der Waals surface area (Å²) in [6.45, 7) is 2.60. The van der Waals surface area contributed by atoms with Crippen molar-refractivity contribution in [1.82, 2.24) is 28.8 Å². The smallest absolute Gasteiger partial charge is 0.243 e. The molecule has 8 nitrogen and oxygen atoms in total. The fraction of sp³-hybridized carbons (Fsp3) is 0.250. The Morgan fingerprint density at radius 3 is 2.69 bits per heavy atom. The molecule has 35 heavy (non-hydrogen) atoms. The average Bonchev–Trinajstić information content (AvgIpc) is 3.43. The number of piperidine rings is 1. The lowest BCUT2D eigenvalue weighted by Gasteiger charge is -2.32. The number of aromatic nitrogens is 5. The number of fused-ring (bicyclic) bond motifs is 2. The molecule has 0 radical (unpaired) electrons. The summed E-state index contributed by atoms with van der Waals surface area (Å²) >= 11 is 1.48. The third-order valence-electron chi connectivity index (χ3n) is 6.36. The van der Waals surface area contributed by atoms with Crippen molar-refractivity contribution in [3.8, 4) is 11.4 Å². The van der Waals surface area contributed by atoms with E-state index in [0.717, 1.165) is 15.2 Å². The van der Waals surface area contributed by atoms with Crippen LogP contribution >= 0.6 is 11.3 Å². The van der Waals surface area contributed by atoms with E-state index in [-0.39, 0.29) is 10.9 Å². The normalized spacial score (nSPS) is 15.8. The Hall–Kier alpha value is -3.28. The molecule has 1 aliphatic rings. The number of rotatable bonds is 4. The largest absolute Gasteiger partial charge is 0.305 e. The van der Waals surface area contributed by atoms with E-state index in [0.29, 0.717) is 48.5 Å². The van der Waals surface area contributed by atoms with Gasteiger partial charge in [0.2, 0.25) is 10.0 Å². The van der Waals surface area contributed by atoms with Crippen LogP contribution in [-0.4, -0.2) is 50.3 Å². The maximum Gasteiger partial charge on any atom is 0.243 e. The maximum absolute atomic E-state index is 14.6. The minimum absolute atomic E-state index is 0.0736. The van der Waals surface area contributed by atoms with E-state index in [1.54, 1.807) is 36.5 Å². The predicted molar refractivity (Wildman–Crippen MR) is 132 cm³/mol. The number of sulfonamides is 1. The first kappa shape index (κ1) is 22.2. The van der Waals surface area contributed by atoms with Crippen LogP contribution in [0.5, 0.6) is 0 Å². The van der Waals surface area contributed by atoms with Gasteiger partial charge in [-0.2, -0.15) is 4.31 Å². The van der Waals surface area contributed by atoms with Gasteiger partial charge in [0.25, 0.3) is 0 Å². The minimum atomic E-state index is -3.64. The van der Waals surface area contributed by atoms with E-state index in [1.807, 2.05) is 17.6 Å². The summed E-state index contributed by atoms with van der Waals surface area (Å²) in [5.41, 5.74) is 2.48. The number of nitrogens with zero attached hydrogens (tertiary/aromatic N) is 6. The molecular formula is C24H21FN6O2S2. The summed E-state index contributed by atoms with van der Waals surface area (Å²) in [7, 11) is -3.64. The van der Waals surface area contributed by atoms with Crippen LogP contribution in [0.15, 0.2) is 59.9 Å². The fourth-order valence-corrected chi connectivity index (χ4v) is 7.13. The standard InChI is InChI=1S/C24H21FN6O2S2/c1-15-28-20-5-4-17(13-22(20)34-15)35(32,33)30-11-7-16(8-12-30)31-23(18-6-10-26-14-19(18)25)29-21-3-2-9-27-24(21)31/h2-6,9-10,13-14,16H,7-8,11-12H2,1H3. The van der Waals surface area contributed by atoms with Crippen molar-refractivity contribution in [2.24, 2.45) is 0 Å². The molecule has 1 saturated heterocycles. The van der Waals surface area contributed by atoms with Crippen LogP contribution < -0.4 is 0 Å². The third kappa shape index (κ3) is 3.79. The van der Waals surface area contributed by atoms with E-state index in [1.165, 1.54) is 28.0 Å². The molecule has 1 aromatic carbocycles. The average molecular weight is 509 g/mol. The number of hydrogen-bond donors (Lipinski definition) is 0. The lowest BCUT2D eigenvalue weighted by Crippen LogP contribution is -2.39. The highest BCUT2D eigenvalue weighted by Crippen LogP contribution is 2.35. The van der Waals surface area contributed by atoms with Crippen molar-refractivity contribution in [3.05, 3.63) is 65.8 Å². The number of benzene rings is 1. The Kier molecular flexibility index (Phi) is 5.35. The quantitative estimate of drug-likeness (QED) is 0.353. The molecule has 0 unspecified atom stereocenters. The van der Waals surface area contributed by atoms with Gasteiger partial charge in [-0.25, -0.2) is 27.8 Å². The molecule has 4 aromatic heterocycles. The predicted octanol–water partition coefficient (Wildman–Crippen LogP) is 4.58. The van der Waals surface area contributed by atoms with Gasteiger partial charge < -0.3 is 4.57 Å². The third-order valence-corrected chi connectivity index (χ3v) is 9.18. The molecule has 0 spiro atoms. The lowest BCUT2D eigenvalue weighted by atomic mass is 10.1. The molecule has 178 valence electrons. The molecule has 0 N–H and O–H groups in total. The molecule has 1 fully saturated rings. The molecular weight excluding hydrogens is 487 g/mol. The van der Waals surface area contributed by atoms with Gasteiger partial charge >= 0.3 is 0 Å². The van der Waals surface area contributed by atoms with Crippen LogP contribution in [0.1, 0.15) is 23.9 Å². The molecule has 0 amide bonds. The zero-order valence-electron chi connectivity index (χ0n) is 18.8. The van der Waals surface area contributed by atoms with Gasteiger partial charge in [-0.1, -0.05) is 0 Å². The Morgan fingerprint density at radius 1 is 1.06 bits per heavy atom. The highest BCUT2D eigenvalue weighted by molar-refractivity contribution is 7.89. The first-order chi connectivity index (χ1) is 16.9. The van der Waals surface area contributed by atoms with Crippen molar-refractivity contribution in [3.63, 3.8) is 0 Å². The number of imidazole rings is 1. The lowest BCUT2D eigenvalue weighted by molar-refractivity contribution is 0.278. The zero-order valence-corrected chi connectivity index (χ0v) is 20.4. The van der Waals surface area contributed by atoms with Gasteiger partial charge in [0.05, 0.1) is 31.9 Å². The number of pyridine rings is 2. The van der Waals surface area contributed by atoms with Crippen LogP contribution in [0, 0.1) is 12.7 Å². The van der Waals surface area contributed by atoms with Gasteiger partial charge in [-0.05, 0) is 56.2 Å². The summed E-state index contributed by atoms with van der Waals surface area (Å²) < 4.78 is 45.8. The molecule has 0 atom stereocenters. The van der Waals surface area contributed by atoms with Crippen molar-refractivity contribution in [2.45, 2.75) is 30.7 Å². The Morgan fingerprint density at radius 2 is 1.89 bits per heavy atom. The topological polar surface area (TPSA) is 93.9 Å². The highest BCUT2D eigenvalue weighted by atomic mass is 32.2. The Balaban J connectivity index is 1.32. The first-order valence-electron chi connectivity index (χ1n) is 11.2. The van der Waals surface area contributed by atoms with E-state index >= 15 is 0 Å². The Bertz CT molecular complexity index is 1670. The second kappa shape index (κ2) is 8.43. The van der Waals surface area contributed by atoms with Crippen LogP contribution in [-0.2, 0) is 10.0 Å². The monoisotopic (exact) mass is 508 g/mol. The molecule has 0 aliphatic carbocycles. The van der Waals surface area contributed by atoms with Gasteiger partial charge in [0.1, 0.15) is 11.3 Å². The summed E-state index contributed by atoms with van der Waals surface area (Å²) in [4.78, 5) is 17.7. The van der Waals surface area contributed by atoms with Crippen molar-refractivity contribution in [1.29, 1.82) is 0 Å². The van der Waals surface area contributed by atoms with Crippen LogP contribution in [0.4, 0.5) is 4.39 Å². The molecule has 0 saturated carbocycles. The molecule has 0 bridgehead atoms. The van der Waals surface area contributed by atoms with E-state index in [9.17, 15) is 12.8 Å². The summed E-state index contributed by atoms with van der Waals surface area (Å²) in [6.07, 6.45) is 5.50. The number of thiazole rings is 1. The number of halogens is 1. The van der Waals surface area contributed by atoms with Crippen molar-refractivity contribution >= 4 is 42.7 Å². The number of hydrogen-bond acceptors (Lipinski definition) is 7. The first-order valence-corrected chi connectivity index (χ1v) is 13.5. The second-order valence-corrected chi connectivity index (χ2v) is 11.7. The van der Waals surface area contributed by atoms with Crippen LogP contribution in [0.25, 0.3) is 32.8 Å². The second-order valence-electron chi connectivity index (χ2n) is 8.50. The van der Waals surface area contributed by atoms with Gasteiger partial charge in [0, 0.05) is 31.5 Å². The van der Waals surface area contributed by atoms with Gasteiger partial charge in [0.15, 0.2) is 11.5 Å². The fourth-order valence-electron chi connectivity index (χ4n) is 4.69. The number of aryl methyl sites for hydroxylation is 1. The zero-order chi connectivity index (χ0) is 24.2. The van der Waals surface area contributed by atoms with Crippen molar-refractivity contribution in [2.75, 3.05) is 13.1 Å². The van der Waals surface area contributed by atoms with Gasteiger partial charge in [-0.15, -0.1) is 11.3 Å². The molecule has 5 heterocycles. The summed E-state index contributed by atoms with van der Waals surface area (Å²) in [5, 5.41) is 0.901. The minimum Gasteiger partial charge on any atom is -0.305 e. The maximum atomic E-state index is 14.6. The molecule has 1 aliphatic heterocycles. The van der Waals surface area contributed by atoms with E-state index in [4.69, 9.17) is 0 Å². The van der Waals surface area contributed by atoms with E-state index in [2.05, 4.69) is 19.9 Å². The molecule has 5 aromatic rings. The molecule has 6 rings (SSSR count). The highest BCUT2D eigenvalue weighted by Gasteiger charge is 2.32. The van der Waals surface area contributed by atoms with Crippen LogP contribution in [0.3, 0.4) is 0 Å². The summed E-state index contributed by atoms with van der Waals surface area (Å²) in [5.74, 6) is 0.0173. The SMILES string of the molecule is Cc1nc2ccc(S(=O)(=O)N3CCC(n4c(-c5ccncc5F)nc5cccnc54)CC3)cc2s1. The molecule has 11 heteroatoms. The Labute approximate surface area is 205 Å². The van der Waals surface area contributed by atoms with Crippen molar-refractivity contribution < 1.29 is 12.8 Å².